The normalized spacial score (nSPS) is 10.7. The number of anilines is 3. The number of aryl methyl sites for hydroxylation is 1. The molecule has 0 atom stereocenters. The van der Waals surface area contributed by atoms with Gasteiger partial charge in [0.05, 0.1) is 10.2 Å². The number of amides is 1. The Morgan fingerprint density at radius 2 is 1.90 bits per heavy atom. The quantitative estimate of drug-likeness (QED) is 0.434. The molecular formula is C22H21N5OS. The van der Waals surface area contributed by atoms with Gasteiger partial charge in [-0.3, -0.25) is 4.79 Å². The maximum Gasteiger partial charge on any atom is 0.251 e. The Hall–Kier alpha value is -3.45. The minimum absolute atomic E-state index is 0.0914. The topological polar surface area (TPSA) is 78.9 Å². The molecule has 4 rings (SSSR count). The molecule has 0 aliphatic rings. The third kappa shape index (κ3) is 4.20. The Balaban J connectivity index is 1.49. The second kappa shape index (κ2) is 8.28. The molecule has 1 amide bonds. The van der Waals surface area contributed by atoms with E-state index in [4.69, 9.17) is 0 Å². The molecule has 0 unspecified atom stereocenters. The van der Waals surface area contributed by atoms with Gasteiger partial charge in [-0.2, -0.15) is 4.98 Å². The van der Waals surface area contributed by atoms with E-state index in [0.29, 0.717) is 18.1 Å². The van der Waals surface area contributed by atoms with Crippen molar-refractivity contribution in [2.24, 2.45) is 0 Å². The predicted octanol–water partition coefficient (Wildman–Crippen LogP) is 4.72. The molecule has 2 heterocycles. The number of hydrogen-bond donors (Lipinski definition) is 3. The summed E-state index contributed by atoms with van der Waals surface area (Å²) in [5, 5.41) is 11.3. The minimum atomic E-state index is -0.0914. The number of hydrogen-bond acceptors (Lipinski definition) is 6. The Kier molecular flexibility index (Phi) is 5.39. The van der Waals surface area contributed by atoms with Crippen LogP contribution in [-0.2, 0) is 6.54 Å². The lowest BCUT2D eigenvalue weighted by molar-refractivity contribution is 0.0950. The number of rotatable bonds is 6. The standard InChI is InChI=1S/C22H21N5OS/c1-14-12-16(25-22-26-18-10-11-29-19(18)20(23-2)27-22)8-9-17(14)21(28)24-13-15-6-4-3-5-7-15/h3-12H,13H2,1-2H3,(H,24,28)(H2,23,25,26,27). The summed E-state index contributed by atoms with van der Waals surface area (Å²) in [4.78, 5) is 21.6. The van der Waals surface area contributed by atoms with Crippen molar-refractivity contribution in [1.82, 2.24) is 15.3 Å². The SMILES string of the molecule is CNc1nc(Nc2ccc(C(=O)NCc3ccccc3)c(C)c2)nc2ccsc12. The van der Waals surface area contributed by atoms with Crippen LogP contribution in [0.15, 0.2) is 60.0 Å². The molecule has 0 radical (unpaired) electrons. The van der Waals surface area contributed by atoms with Crippen LogP contribution in [0.25, 0.3) is 10.2 Å². The van der Waals surface area contributed by atoms with E-state index in [1.807, 2.05) is 73.9 Å². The zero-order valence-corrected chi connectivity index (χ0v) is 17.0. The van der Waals surface area contributed by atoms with Crippen LogP contribution in [0.1, 0.15) is 21.5 Å². The number of benzene rings is 2. The van der Waals surface area contributed by atoms with Gasteiger partial charge in [0.1, 0.15) is 5.82 Å². The van der Waals surface area contributed by atoms with Gasteiger partial charge in [-0.15, -0.1) is 11.3 Å². The molecule has 2 aromatic carbocycles. The lowest BCUT2D eigenvalue weighted by Crippen LogP contribution is -2.23. The van der Waals surface area contributed by atoms with Crippen LogP contribution in [0.2, 0.25) is 0 Å². The second-order valence-electron chi connectivity index (χ2n) is 6.60. The van der Waals surface area contributed by atoms with Crippen molar-refractivity contribution in [2.75, 3.05) is 17.7 Å². The van der Waals surface area contributed by atoms with Gasteiger partial charge in [0.2, 0.25) is 5.95 Å². The summed E-state index contributed by atoms with van der Waals surface area (Å²) in [5.74, 6) is 1.22. The summed E-state index contributed by atoms with van der Waals surface area (Å²) in [6.07, 6.45) is 0. The van der Waals surface area contributed by atoms with Crippen LogP contribution >= 0.6 is 11.3 Å². The maximum atomic E-state index is 12.5. The first-order chi connectivity index (χ1) is 14.1. The number of nitrogens with one attached hydrogen (secondary N) is 3. The fourth-order valence-corrected chi connectivity index (χ4v) is 3.91. The van der Waals surface area contributed by atoms with Crippen molar-refractivity contribution < 1.29 is 4.79 Å². The molecule has 146 valence electrons. The molecule has 0 saturated heterocycles. The molecule has 29 heavy (non-hydrogen) atoms. The van der Waals surface area contributed by atoms with Crippen molar-refractivity contribution in [3.05, 3.63) is 76.7 Å². The summed E-state index contributed by atoms with van der Waals surface area (Å²) in [6, 6.07) is 17.4. The summed E-state index contributed by atoms with van der Waals surface area (Å²) in [7, 11) is 1.85. The van der Waals surface area contributed by atoms with E-state index in [-0.39, 0.29) is 5.91 Å². The zero-order valence-electron chi connectivity index (χ0n) is 16.2. The minimum Gasteiger partial charge on any atom is -0.372 e. The fraction of sp³-hybridized carbons (Fsp3) is 0.136. The largest absolute Gasteiger partial charge is 0.372 e. The number of fused-ring (bicyclic) bond motifs is 1. The molecule has 0 saturated carbocycles. The van der Waals surface area contributed by atoms with Gasteiger partial charge < -0.3 is 16.0 Å². The Bertz CT molecular complexity index is 1160. The van der Waals surface area contributed by atoms with E-state index >= 15 is 0 Å². The molecule has 2 aromatic heterocycles. The van der Waals surface area contributed by atoms with Gasteiger partial charge in [-0.05, 0) is 47.7 Å². The van der Waals surface area contributed by atoms with Crippen LogP contribution in [0.5, 0.6) is 0 Å². The van der Waals surface area contributed by atoms with E-state index in [1.54, 1.807) is 11.3 Å². The first-order valence-electron chi connectivity index (χ1n) is 9.27. The monoisotopic (exact) mass is 403 g/mol. The highest BCUT2D eigenvalue weighted by Crippen LogP contribution is 2.28. The Labute approximate surface area is 173 Å². The highest BCUT2D eigenvalue weighted by molar-refractivity contribution is 7.17. The van der Waals surface area contributed by atoms with Gasteiger partial charge in [0, 0.05) is 24.8 Å². The molecular weight excluding hydrogens is 382 g/mol. The van der Waals surface area contributed by atoms with Gasteiger partial charge >= 0.3 is 0 Å². The smallest absolute Gasteiger partial charge is 0.251 e. The van der Waals surface area contributed by atoms with Gasteiger partial charge in [0.15, 0.2) is 0 Å². The van der Waals surface area contributed by atoms with E-state index in [0.717, 1.165) is 32.8 Å². The number of aromatic nitrogens is 2. The van der Waals surface area contributed by atoms with Gasteiger partial charge in [-0.25, -0.2) is 4.98 Å². The Morgan fingerprint density at radius 3 is 2.66 bits per heavy atom. The van der Waals surface area contributed by atoms with Gasteiger partial charge in [0.25, 0.3) is 5.91 Å². The molecule has 0 spiro atoms. The molecule has 0 fully saturated rings. The number of carbonyl (C=O) groups is 1. The number of nitrogens with zero attached hydrogens (tertiary/aromatic N) is 2. The summed E-state index contributed by atoms with van der Waals surface area (Å²) >= 11 is 1.60. The van der Waals surface area contributed by atoms with Crippen molar-refractivity contribution >= 4 is 44.9 Å². The van der Waals surface area contributed by atoms with Crippen molar-refractivity contribution in [3.63, 3.8) is 0 Å². The van der Waals surface area contributed by atoms with E-state index < -0.39 is 0 Å². The van der Waals surface area contributed by atoms with Crippen molar-refractivity contribution in [1.29, 1.82) is 0 Å². The summed E-state index contributed by atoms with van der Waals surface area (Å²) in [6.45, 7) is 2.42. The molecule has 7 heteroatoms. The molecule has 0 aliphatic heterocycles. The first kappa shape index (κ1) is 18.9. The van der Waals surface area contributed by atoms with Gasteiger partial charge in [-0.1, -0.05) is 30.3 Å². The van der Waals surface area contributed by atoms with Crippen LogP contribution in [0.4, 0.5) is 17.5 Å². The molecule has 4 aromatic rings. The van der Waals surface area contributed by atoms with E-state index in [9.17, 15) is 4.79 Å². The second-order valence-corrected chi connectivity index (χ2v) is 7.52. The number of thiophene rings is 1. The maximum absolute atomic E-state index is 12.5. The van der Waals surface area contributed by atoms with Crippen LogP contribution in [-0.4, -0.2) is 22.9 Å². The van der Waals surface area contributed by atoms with Crippen molar-refractivity contribution in [2.45, 2.75) is 13.5 Å². The summed E-state index contributed by atoms with van der Waals surface area (Å²) < 4.78 is 1.03. The van der Waals surface area contributed by atoms with Crippen molar-refractivity contribution in [3.8, 4) is 0 Å². The lowest BCUT2D eigenvalue weighted by Gasteiger charge is -2.11. The molecule has 0 bridgehead atoms. The van der Waals surface area contributed by atoms with Crippen LogP contribution < -0.4 is 16.0 Å². The average molecular weight is 404 g/mol. The molecule has 3 N–H and O–H groups in total. The zero-order chi connectivity index (χ0) is 20.2. The Morgan fingerprint density at radius 1 is 1.07 bits per heavy atom. The highest BCUT2D eigenvalue weighted by Gasteiger charge is 2.11. The summed E-state index contributed by atoms with van der Waals surface area (Å²) in [5.41, 5.74) is 4.32. The molecule has 6 nitrogen and oxygen atoms in total. The van der Waals surface area contributed by atoms with Crippen LogP contribution in [0, 0.1) is 6.92 Å². The highest BCUT2D eigenvalue weighted by atomic mass is 32.1. The van der Waals surface area contributed by atoms with E-state index in [1.165, 1.54) is 0 Å². The van der Waals surface area contributed by atoms with Crippen LogP contribution in [0.3, 0.4) is 0 Å². The third-order valence-electron chi connectivity index (χ3n) is 4.56. The third-order valence-corrected chi connectivity index (χ3v) is 5.47. The average Bonchev–Trinajstić information content (AvgIpc) is 3.21. The fourth-order valence-electron chi connectivity index (χ4n) is 3.09. The lowest BCUT2D eigenvalue weighted by atomic mass is 10.1. The molecule has 0 aliphatic carbocycles. The number of carbonyl (C=O) groups excluding carboxylic acids is 1. The first-order valence-corrected chi connectivity index (χ1v) is 10.1. The van der Waals surface area contributed by atoms with E-state index in [2.05, 4.69) is 25.9 Å². The predicted molar refractivity (Wildman–Crippen MR) is 119 cm³/mol.